The molecule has 1 heterocycles. The summed E-state index contributed by atoms with van der Waals surface area (Å²) < 4.78 is 24.1. The third-order valence-corrected chi connectivity index (χ3v) is 4.01. The molecule has 5 heteroatoms. The molecule has 0 aromatic heterocycles. The molecule has 1 aliphatic rings. The average Bonchev–Trinajstić information content (AvgIpc) is 2.40. The first kappa shape index (κ1) is 10.2. The summed E-state index contributed by atoms with van der Waals surface area (Å²) in [7, 11) is -3.42. The Morgan fingerprint density at radius 1 is 1.33 bits per heavy atom. The predicted molar refractivity (Wildman–Crippen MR) is 57.1 cm³/mol. The van der Waals surface area contributed by atoms with Crippen molar-refractivity contribution >= 4 is 21.6 Å². The van der Waals surface area contributed by atoms with Crippen molar-refractivity contribution in [2.24, 2.45) is 0 Å². The minimum absolute atomic E-state index is 0.0796. The fraction of sp³-hybridized carbons (Fsp3) is 0.300. The highest BCUT2D eigenvalue weighted by molar-refractivity contribution is 7.94. The van der Waals surface area contributed by atoms with Gasteiger partial charge in [-0.3, -0.25) is 4.79 Å². The summed E-state index contributed by atoms with van der Waals surface area (Å²) >= 11 is 0. The molecule has 1 amide bonds. The lowest BCUT2D eigenvalue weighted by atomic mass is 10.2. The summed E-state index contributed by atoms with van der Waals surface area (Å²) in [5, 5.41) is 0. The maximum absolute atomic E-state index is 11.6. The van der Waals surface area contributed by atoms with E-state index in [-0.39, 0.29) is 18.1 Å². The number of anilines is 1. The zero-order valence-corrected chi connectivity index (χ0v) is 9.12. The second kappa shape index (κ2) is 3.34. The molecule has 0 radical (unpaired) electrons. The van der Waals surface area contributed by atoms with Crippen LogP contribution in [0.1, 0.15) is 12.0 Å². The molecular weight excluding hydrogens is 214 g/mol. The van der Waals surface area contributed by atoms with Crippen molar-refractivity contribution in [1.29, 1.82) is 0 Å². The van der Waals surface area contributed by atoms with E-state index in [0.717, 1.165) is 9.87 Å². The van der Waals surface area contributed by atoms with Gasteiger partial charge in [-0.25, -0.2) is 12.7 Å². The number of amides is 1. The number of carbonyl (C=O) groups excluding carboxylic acids is 1. The fourth-order valence-corrected chi connectivity index (χ4v) is 3.07. The molecule has 0 aliphatic carbocycles. The molecule has 1 saturated heterocycles. The Morgan fingerprint density at radius 3 is 2.60 bits per heavy atom. The molecule has 1 aliphatic heterocycles. The van der Waals surface area contributed by atoms with Crippen LogP contribution < -0.4 is 4.31 Å². The first-order valence-corrected chi connectivity index (χ1v) is 6.24. The van der Waals surface area contributed by atoms with E-state index < -0.39 is 10.0 Å². The normalized spacial score (nSPS) is 19.5. The van der Waals surface area contributed by atoms with E-state index in [1.54, 1.807) is 18.2 Å². The Bertz CT molecular complexity index is 507. The van der Waals surface area contributed by atoms with Crippen LogP contribution in [0.15, 0.2) is 24.3 Å². The highest BCUT2D eigenvalue weighted by Crippen LogP contribution is 2.25. The van der Waals surface area contributed by atoms with Crippen molar-refractivity contribution in [3.05, 3.63) is 29.8 Å². The zero-order valence-electron chi connectivity index (χ0n) is 8.30. The van der Waals surface area contributed by atoms with Crippen molar-refractivity contribution in [2.75, 3.05) is 10.1 Å². The lowest BCUT2D eigenvalue weighted by molar-refractivity contribution is -0.116. The summed E-state index contributed by atoms with van der Waals surface area (Å²) in [5.74, 6) is -0.430. The molecular formula is C10H11NO3S. The second-order valence-corrected chi connectivity index (χ2v) is 5.50. The van der Waals surface area contributed by atoms with Gasteiger partial charge in [0.15, 0.2) is 0 Å². The average molecular weight is 225 g/mol. The van der Waals surface area contributed by atoms with Gasteiger partial charge in [-0.1, -0.05) is 12.1 Å². The number of sulfonamides is 1. The van der Waals surface area contributed by atoms with Gasteiger partial charge in [-0.05, 0) is 24.6 Å². The molecule has 1 aromatic rings. The molecule has 0 atom stereocenters. The Hall–Kier alpha value is -1.36. The SMILES string of the molecule is Cc1cccc(N2C(=O)CCS2(=O)=O)c1. The van der Waals surface area contributed by atoms with Gasteiger partial charge in [0.2, 0.25) is 15.9 Å². The van der Waals surface area contributed by atoms with Crippen LogP contribution in [-0.4, -0.2) is 20.1 Å². The monoisotopic (exact) mass is 225 g/mol. The lowest BCUT2D eigenvalue weighted by Crippen LogP contribution is -2.29. The van der Waals surface area contributed by atoms with E-state index in [0.29, 0.717) is 5.69 Å². The smallest absolute Gasteiger partial charge is 0.242 e. The fourth-order valence-electron chi connectivity index (χ4n) is 1.62. The maximum Gasteiger partial charge on any atom is 0.242 e. The Labute approximate surface area is 88.6 Å². The minimum Gasteiger partial charge on any atom is -0.273 e. The van der Waals surface area contributed by atoms with Gasteiger partial charge in [-0.2, -0.15) is 0 Å². The van der Waals surface area contributed by atoms with Gasteiger partial charge >= 0.3 is 0 Å². The third-order valence-electron chi connectivity index (χ3n) is 2.31. The summed E-state index contributed by atoms with van der Waals surface area (Å²) in [5.41, 5.74) is 1.37. The first-order chi connectivity index (χ1) is 7.00. The summed E-state index contributed by atoms with van der Waals surface area (Å²) in [6.07, 6.45) is 0.0796. The van der Waals surface area contributed by atoms with Crippen LogP contribution in [0, 0.1) is 6.92 Å². The maximum atomic E-state index is 11.6. The number of rotatable bonds is 1. The molecule has 80 valence electrons. The van der Waals surface area contributed by atoms with Crippen LogP contribution in [0.25, 0.3) is 0 Å². The predicted octanol–water partition coefficient (Wildman–Crippen LogP) is 1.06. The van der Waals surface area contributed by atoms with Crippen molar-refractivity contribution in [3.63, 3.8) is 0 Å². The van der Waals surface area contributed by atoms with E-state index in [1.807, 2.05) is 13.0 Å². The lowest BCUT2D eigenvalue weighted by Gasteiger charge is -2.14. The van der Waals surface area contributed by atoms with Crippen molar-refractivity contribution in [3.8, 4) is 0 Å². The van der Waals surface area contributed by atoms with Crippen LogP contribution in [0.4, 0.5) is 5.69 Å². The first-order valence-electron chi connectivity index (χ1n) is 4.63. The van der Waals surface area contributed by atoms with Gasteiger partial charge in [0.05, 0.1) is 11.4 Å². The summed E-state index contributed by atoms with van der Waals surface area (Å²) in [4.78, 5) is 11.4. The third kappa shape index (κ3) is 1.74. The highest BCUT2D eigenvalue weighted by atomic mass is 32.2. The molecule has 15 heavy (non-hydrogen) atoms. The highest BCUT2D eigenvalue weighted by Gasteiger charge is 2.36. The number of carbonyl (C=O) groups is 1. The summed E-state index contributed by atoms with van der Waals surface area (Å²) in [6.45, 7) is 1.86. The van der Waals surface area contributed by atoms with Gasteiger partial charge in [-0.15, -0.1) is 0 Å². The molecule has 0 saturated carbocycles. The molecule has 0 unspecified atom stereocenters. The van der Waals surface area contributed by atoms with Crippen molar-refractivity contribution < 1.29 is 13.2 Å². The van der Waals surface area contributed by atoms with Gasteiger partial charge < -0.3 is 0 Å². The van der Waals surface area contributed by atoms with E-state index in [2.05, 4.69) is 0 Å². The number of hydrogen-bond acceptors (Lipinski definition) is 3. The van der Waals surface area contributed by atoms with Gasteiger partial charge in [0, 0.05) is 6.42 Å². The quantitative estimate of drug-likeness (QED) is 0.718. The molecule has 2 rings (SSSR count). The number of hydrogen-bond donors (Lipinski definition) is 0. The Kier molecular flexibility index (Phi) is 2.26. The Morgan fingerprint density at radius 2 is 2.07 bits per heavy atom. The number of nitrogens with zero attached hydrogens (tertiary/aromatic N) is 1. The van der Waals surface area contributed by atoms with Crippen LogP contribution in [-0.2, 0) is 14.8 Å². The molecule has 4 nitrogen and oxygen atoms in total. The molecule has 0 N–H and O–H groups in total. The van der Waals surface area contributed by atoms with Crippen molar-refractivity contribution in [2.45, 2.75) is 13.3 Å². The topological polar surface area (TPSA) is 54.5 Å². The molecule has 1 aromatic carbocycles. The van der Waals surface area contributed by atoms with Crippen LogP contribution in [0.5, 0.6) is 0 Å². The van der Waals surface area contributed by atoms with E-state index in [9.17, 15) is 13.2 Å². The largest absolute Gasteiger partial charge is 0.273 e. The van der Waals surface area contributed by atoms with Crippen molar-refractivity contribution in [1.82, 2.24) is 0 Å². The van der Waals surface area contributed by atoms with Crippen LogP contribution >= 0.6 is 0 Å². The van der Waals surface area contributed by atoms with Crippen LogP contribution in [0.2, 0.25) is 0 Å². The second-order valence-electron chi connectivity index (χ2n) is 3.56. The van der Waals surface area contributed by atoms with E-state index >= 15 is 0 Å². The molecule has 1 fully saturated rings. The van der Waals surface area contributed by atoms with Gasteiger partial charge in [0.25, 0.3) is 0 Å². The number of aryl methyl sites for hydroxylation is 1. The minimum atomic E-state index is -3.42. The van der Waals surface area contributed by atoms with Gasteiger partial charge in [0.1, 0.15) is 0 Å². The van der Waals surface area contributed by atoms with E-state index in [1.165, 1.54) is 0 Å². The summed E-state index contributed by atoms with van der Waals surface area (Å²) in [6, 6.07) is 6.93. The number of benzene rings is 1. The zero-order chi connectivity index (χ0) is 11.1. The van der Waals surface area contributed by atoms with Crippen LogP contribution in [0.3, 0.4) is 0 Å². The standard InChI is InChI=1S/C10H11NO3S/c1-8-3-2-4-9(7-8)11-10(12)5-6-15(11,13)14/h2-4,7H,5-6H2,1H3. The Balaban J connectivity index is 2.51. The van der Waals surface area contributed by atoms with E-state index in [4.69, 9.17) is 0 Å². The molecule has 0 spiro atoms. The molecule has 0 bridgehead atoms.